The van der Waals surface area contributed by atoms with Crippen LogP contribution in [-0.2, 0) is 20.9 Å². The number of fused-ring (bicyclic) bond motifs is 1. The first-order valence-electron chi connectivity index (χ1n) is 9.64. The van der Waals surface area contributed by atoms with E-state index >= 15 is 0 Å². The number of carbonyl (C=O) groups excluding carboxylic acids is 3. The van der Waals surface area contributed by atoms with Gasteiger partial charge >= 0.3 is 11.9 Å². The van der Waals surface area contributed by atoms with Gasteiger partial charge in [-0.05, 0) is 37.6 Å². The minimum atomic E-state index is -0.668. The number of aromatic nitrogens is 2. The summed E-state index contributed by atoms with van der Waals surface area (Å²) in [6.07, 6.45) is 0. The number of carbonyl (C=O) groups is 3. The van der Waals surface area contributed by atoms with Crippen molar-refractivity contribution in [3.8, 4) is 5.75 Å². The van der Waals surface area contributed by atoms with Crippen molar-refractivity contribution >= 4 is 45.2 Å². The fourth-order valence-electron chi connectivity index (χ4n) is 2.89. The van der Waals surface area contributed by atoms with Gasteiger partial charge in [-0.1, -0.05) is 6.07 Å². The lowest BCUT2D eigenvalue weighted by Gasteiger charge is -2.08. The van der Waals surface area contributed by atoms with Crippen LogP contribution in [0.25, 0.3) is 10.2 Å². The topological polar surface area (TPSA) is 143 Å². The van der Waals surface area contributed by atoms with Gasteiger partial charge in [0, 0.05) is 5.56 Å². The molecule has 2 aromatic heterocycles. The maximum atomic E-state index is 12.2. The largest absolute Gasteiger partial charge is 0.497 e. The lowest BCUT2D eigenvalue weighted by molar-refractivity contribution is -0.143. The Hall–Kier alpha value is -3.73. The van der Waals surface area contributed by atoms with Gasteiger partial charge in [0.2, 0.25) is 0 Å². The molecule has 0 aliphatic heterocycles. The zero-order valence-corrected chi connectivity index (χ0v) is 18.6. The van der Waals surface area contributed by atoms with E-state index < -0.39 is 17.8 Å². The summed E-state index contributed by atoms with van der Waals surface area (Å²) in [5, 5.41) is 3.05. The summed E-state index contributed by atoms with van der Waals surface area (Å²) >= 11 is 1.14. The zero-order valence-electron chi connectivity index (χ0n) is 17.8. The number of methoxy groups -OCH3 is 1. The quantitative estimate of drug-likeness (QED) is 0.486. The Balaban J connectivity index is 1.62. The molecule has 1 amide bonds. The molecule has 0 bridgehead atoms. The SMILES string of the molecule is CCOC(=O)c1sc2nc(COC(=O)CNC(=O)c3cccc(OC)c3)nc(N)c2c1C. The molecule has 0 aliphatic rings. The van der Waals surface area contributed by atoms with Crippen molar-refractivity contribution in [1.29, 1.82) is 0 Å². The summed E-state index contributed by atoms with van der Waals surface area (Å²) < 4.78 is 15.3. The van der Waals surface area contributed by atoms with Crippen LogP contribution in [0, 0.1) is 6.92 Å². The maximum Gasteiger partial charge on any atom is 0.348 e. The number of rotatable bonds is 8. The number of esters is 2. The summed E-state index contributed by atoms with van der Waals surface area (Å²) in [4.78, 5) is 45.7. The van der Waals surface area contributed by atoms with Gasteiger partial charge in [-0.3, -0.25) is 9.59 Å². The van der Waals surface area contributed by atoms with E-state index in [1.165, 1.54) is 7.11 Å². The highest BCUT2D eigenvalue weighted by molar-refractivity contribution is 7.20. The van der Waals surface area contributed by atoms with Crippen molar-refractivity contribution in [2.75, 3.05) is 26.0 Å². The number of anilines is 1. The van der Waals surface area contributed by atoms with Crippen molar-refractivity contribution in [2.45, 2.75) is 20.5 Å². The molecule has 0 spiro atoms. The highest BCUT2D eigenvalue weighted by atomic mass is 32.1. The summed E-state index contributed by atoms with van der Waals surface area (Å²) in [5.74, 6) is -0.676. The van der Waals surface area contributed by atoms with E-state index in [1.54, 1.807) is 38.1 Å². The van der Waals surface area contributed by atoms with Crippen molar-refractivity contribution in [3.63, 3.8) is 0 Å². The fraction of sp³-hybridized carbons (Fsp3) is 0.286. The number of nitrogens with zero attached hydrogens (tertiary/aromatic N) is 2. The Morgan fingerprint density at radius 1 is 1.19 bits per heavy atom. The van der Waals surface area contributed by atoms with Gasteiger partial charge < -0.3 is 25.3 Å². The average molecular weight is 458 g/mol. The van der Waals surface area contributed by atoms with Crippen LogP contribution >= 0.6 is 11.3 Å². The van der Waals surface area contributed by atoms with Gasteiger partial charge in [-0.2, -0.15) is 0 Å². The normalized spacial score (nSPS) is 10.6. The third-order valence-corrected chi connectivity index (χ3v) is 5.58. The highest BCUT2D eigenvalue weighted by Gasteiger charge is 2.21. The summed E-state index contributed by atoms with van der Waals surface area (Å²) in [6.45, 7) is 3.15. The predicted octanol–water partition coefficient (Wildman–Crippen LogP) is 2.24. The Kier molecular flexibility index (Phi) is 7.21. The molecule has 0 unspecified atom stereocenters. The molecule has 3 N–H and O–H groups in total. The Bertz CT molecular complexity index is 1180. The van der Waals surface area contributed by atoms with Crippen molar-refractivity contribution in [1.82, 2.24) is 15.3 Å². The molecular weight excluding hydrogens is 436 g/mol. The number of benzene rings is 1. The third-order valence-electron chi connectivity index (χ3n) is 4.41. The number of nitrogen functional groups attached to an aromatic ring is 1. The van der Waals surface area contributed by atoms with Gasteiger partial charge in [-0.25, -0.2) is 14.8 Å². The number of nitrogens with two attached hydrogens (primary N) is 1. The number of nitrogens with one attached hydrogen (secondary N) is 1. The molecule has 3 aromatic rings. The second-order valence-electron chi connectivity index (χ2n) is 6.56. The van der Waals surface area contributed by atoms with Crippen LogP contribution in [0.3, 0.4) is 0 Å². The Morgan fingerprint density at radius 3 is 2.69 bits per heavy atom. The van der Waals surface area contributed by atoms with Gasteiger partial charge in [-0.15, -0.1) is 11.3 Å². The lowest BCUT2D eigenvalue weighted by Crippen LogP contribution is -2.30. The van der Waals surface area contributed by atoms with E-state index in [9.17, 15) is 14.4 Å². The van der Waals surface area contributed by atoms with Crippen molar-refractivity contribution < 1.29 is 28.6 Å². The van der Waals surface area contributed by atoms with Gasteiger partial charge in [0.05, 0.1) is 19.1 Å². The number of amides is 1. The van der Waals surface area contributed by atoms with Crippen LogP contribution in [0.15, 0.2) is 24.3 Å². The standard InChI is InChI=1S/C21H22N4O6S/c1-4-30-21(28)17-11(2)16-18(22)24-14(25-20(16)32-17)10-31-15(26)9-23-19(27)12-6-5-7-13(8-12)29-3/h5-8H,4,9-10H2,1-3H3,(H,23,27)(H2,22,24,25). The molecule has 0 saturated carbocycles. The van der Waals surface area contributed by atoms with Crippen molar-refractivity contribution in [2.24, 2.45) is 0 Å². The van der Waals surface area contributed by atoms with Gasteiger partial charge in [0.25, 0.3) is 5.91 Å². The first-order chi connectivity index (χ1) is 15.3. The lowest BCUT2D eigenvalue weighted by atomic mass is 10.2. The molecule has 0 aliphatic carbocycles. The first-order valence-corrected chi connectivity index (χ1v) is 10.5. The second-order valence-corrected chi connectivity index (χ2v) is 7.56. The van der Waals surface area contributed by atoms with Crippen LogP contribution in [-0.4, -0.2) is 48.1 Å². The van der Waals surface area contributed by atoms with Gasteiger partial charge in [0.15, 0.2) is 12.4 Å². The van der Waals surface area contributed by atoms with E-state index in [4.69, 9.17) is 19.9 Å². The third kappa shape index (κ3) is 5.11. The molecule has 1 aromatic carbocycles. The first kappa shape index (κ1) is 22.9. The van der Waals surface area contributed by atoms with E-state index in [0.29, 0.717) is 32.0 Å². The van der Waals surface area contributed by atoms with Crippen LogP contribution < -0.4 is 15.8 Å². The number of ether oxygens (including phenoxy) is 3. The Morgan fingerprint density at radius 2 is 1.97 bits per heavy atom. The van der Waals surface area contributed by atoms with Gasteiger partial charge in [0.1, 0.15) is 27.8 Å². The van der Waals surface area contributed by atoms with E-state index in [2.05, 4.69) is 15.3 Å². The molecule has 11 heteroatoms. The van der Waals surface area contributed by atoms with Crippen LogP contribution in [0.2, 0.25) is 0 Å². The smallest absolute Gasteiger partial charge is 0.348 e. The number of hydrogen-bond acceptors (Lipinski definition) is 10. The van der Waals surface area contributed by atoms with Crippen LogP contribution in [0.5, 0.6) is 5.75 Å². The Labute approximate surface area is 187 Å². The molecule has 0 fully saturated rings. The summed E-state index contributed by atoms with van der Waals surface area (Å²) in [7, 11) is 1.50. The summed E-state index contributed by atoms with van der Waals surface area (Å²) in [6, 6.07) is 6.53. The maximum absolute atomic E-state index is 12.2. The molecule has 0 saturated heterocycles. The number of thiophene rings is 1. The molecule has 0 atom stereocenters. The average Bonchev–Trinajstić information content (AvgIpc) is 3.13. The number of aryl methyl sites for hydroxylation is 1. The predicted molar refractivity (Wildman–Crippen MR) is 118 cm³/mol. The highest BCUT2D eigenvalue weighted by Crippen LogP contribution is 2.33. The minimum absolute atomic E-state index is 0.177. The second kappa shape index (κ2) is 10.1. The minimum Gasteiger partial charge on any atom is -0.497 e. The molecular formula is C21H22N4O6S. The molecule has 10 nitrogen and oxygen atoms in total. The zero-order chi connectivity index (χ0) is 23.3. The van der Waals surface area contributed by atoms with Crippen molar-refractivity contribution in [3.05, 3.63) is 46.1 Å². The van der Waals surface area contributed by atoms with E-state index in [0.717, 1.165) is 11.3 Å². The molecule has 32 heavy (non-hydrogen) atoms. The fourth-order valence-corrected chi connectivity index (χ4v) is 3.99. The monoisotopic (exact) mass is 458 g/mol. The van der Waals surface area contributed by atoms with Crippen LogP contribution in [0.4, 0.5) is 5.82 Å². The summed E-state index contributed by atoms with van der Waals surface area (Å²) in [5.41, 5.74) is 7.03. The van der Waals surface area contributed by atoms with E-state index in [-0.39, 0.29) is 31.4 Å². The molecule has 0 radical (unpaired) electrons. The van der Waals surface area contributed by atoms with E-state index in [1.807, 2.05) is 0 Å². The molecule has 2 heterocycles. The molecule has 168 valence electrons. The number of hydrogen-bond donors (Lipinski definition) is 2. The molecule has 3 rings (SSSR count). The van der Waals surface area contributed by atoms with Crippen LogP contribution in [0.1, 0.15) is 38.3 Å².